The molecule has 0 saturated heterocycles. The van der Waals surface area contributed by atoms with Crippen molar-refractivity contribution in [2.45, 2.75) is 25.2 Å². The highest BCUT2D eigenvalue weighted by Gasteiger charge is 2.14. The van der Waals surface area contributed by atoms with Gasteiger partial charge in [-0.25, -0.2) is 4.98 Å². The Morgan fingerprint density at radius 1 is 1.21 bits per heavy atom. The first kappa shape index (κ1) is 23.7. The number of thiophene rings is 2. The second-order valence-electron chi connectivity index (χ2n) is 7.44. The Hall–Kier alpha value is -2.46. The highest BCUT2D eigenvalue weighted by atomic mass is 32.2. The Balaban J connectivity index is 1.18. The Bertz CT molecular complexity index is 1240. The lowest BCUT2D eigenvalue weighted by atomic mass is 10.1. The fraction of sp³-hybridized carbons (Fsp3) is 0.292. The molecule has 0 aliphatic rings. The zero-order valence-electron chi connectivity index (χ0n) is 18.2. The number of amides is 1. The number of hydrogen-bond donors (Lipinski definition) is 2. The average molecular weight is 500 g/mol. The molecule has 3 heterocycles. The lowest BCUT2D eigenvalue weighted by molar-refractivity contribution is -0.118. The molecule has 33 heavy (non-hydrogen) atoms. The van der Waals surface area contributed by atoms with Crippen molar-refractivity contribution in [2.75, 3.05) is 18.9 Å². The second-order valence-corrected chi connectivity index (χ2v) is 10.2. The van der Waals surface area contributed by atoms with Crippen molar-refractivity contribution in [3.8, 4) is 10.4 Å². The molecular formula is C24H25N3O3S3. The van der Waals surface area contributed by atoms with Crippen LogP contribution in [0.2, 0.25) is 0 Å². The molecule has 9 heteroatoms. The Kier molecular flexibility index (Phi) is 8.33. The number of benzene rings is 1. The lowest BCUT2D eigenvalue weighted by Crippen LogP contribution is -2.27. The third-order valence-corrected chi connectivity index (χ3v) is 7.75. The minimum Gasteiger partial charge on any atom is -0.374 e. The van der Waals surface area contributed by atoms with E-state index in [2.05, 4.69) is 15.3 Å². The van der Waals surface area contributed by atoms with Crippen LogP contribution < -0.4 is 10.9 Å². The van der Waals surface area contributed by atoms with Crippen LogP contribution in [0.4, 0.5) is 0 Å². The fourth-order valence-electron chi connectivity index (χ4n) is 3.35. The molecule has 0 spiro atoms. The number of nitrogens with zero attached hydrogens (tertiary/aromatic N) is 1. The zero-order valence-corrected chi connectivity index (χ0v) is 20.7. The average Bonchev–Trinajstić information content (AvgIpc) is 3.49. The number of nitrogens with one attached hydrogen (secondary N) is 2. The zero-order chi connectivity index (χ0) is 23.0. The van der Waals surface area contributed by atoms with E-state index in [1.807, 2.05) is 60.1 Å². The first-order valence-electron chi connectivity index (χ1n) is 10.7. The van der Waals surface area contributed by atoms with Crippen LogP contribution in [-0.4, -0.2) is 34.8 Å². The molecule has 172 valence electrons. The van der Waals surface area contributed by atoms with Crippen LogP contribution in [0.15, 0.2) is 58.0 Å². The smallest absolute Gasteiger partial charge is 0.260 e. The first-order valence-corrected chi connectivity index (χ1v) is 13.6. The summed E-state index contributed by atoms with van der Waals surface area (Å²) in [6.45, 7) is 3.19. The predicted octanol–water partition coefficient (Wildman–Crippen LogP) is 5.23. The van der Waals surface area contributed by atoms with Crippen LogP contribution >= 0.6 is 34.4 Å². The summed E-state index contributed by atoms with van der Waals surface area (Å²) in [5.74, 6) is 1.35. The van der Waals surface area contributed by atoms with Crippen LogP contribution in [0, 0.1) is 0 Å². The Morgan fingerprint density at radius 3 is 2.85 bits per heavy atom. The Morgan fingerprint density at radius 2 is 2.06 bits per heavy atom. The summed E-state index contributed by atoms with van der Waals surface area (Å²) in [7, 11) is 0. The molecule has 1 aromatic carbocycles. The number of rotatable bonds is 11. The van der Waals surface area contributed by atoms with Crippen LogP contribution in [0.5, 0.6) is 0 Å². The normalized spacial score (nSPS) is 12.2. The third-order valence-electron chi connectivity index (χ3n) is 5.03. The van der Waals surface area contributed by atoms with Crippen molar-refractivity contribution in [3.05, 3.63) is 75.0 Å². The molecule has 0 radical (unpaired) electrons. The van der Waals surface area contributed by atoms with Gasteiger partial charge in [-0.15, -0.1) is 34.4 Å². The molecule has 6 nitrogen and oxygen atoms in total. The molecule has 4 aromatic rings. The van der Waals surface area contributed by atoms with Crippen molar-refractivity contribution in [1.82, 2.24) is 15.3 Å². The highest BCUT2D eigenvalue weighted by molar-refractivity contribution is 7.99. The number of ether oxygens (including phenoxy) is 1. The van der Waals surface area contributed by atoms with E-state index in [-0.39, 0.29) is 17.6 Å². The van der Waals surface area contributed by atoms with Gasteiger partial charge in [-0.05, 0) is 30.4 Å². The SMILES string of the molecule is CC(OCCCNC(=O)CSCc1nc2scc(-c3cccs3)c2c(=O)[nH]1)c1ccccc1. The van der Waals surface area contributed by atoms with Gasteiger partial charge in [-0.2, -0.15) is 0 Å². The van der Waals surface area contributed by atoms with Gasteiger partial charge in [-0.1, -0.05) is 36.4 Å². The molecule has 3 aromatic heterocycles. The molecule has 0 fully saturated rings. The number of aromatic amines is 1. The van der Waals surface area contributed by atoms with Crippen molar-refractivity contribution >= 4 is 50.6 Å². The van der Waals surface area contributed by atoms with Crippen LogP contribution in [0.3, 0.4) is 0 Å². The quantitative estimate of drug-likeness (QED) is 0.276. The summed E-state index contributed by atoms with van der Waals surface area (Å²) in [5, 5.41) is 7.52. The summed E-state index contributed by atoms with van der Waals surface area (Å²) in [6, 6.07) is 14.1. The number of H-pyrrole nitrogens is 1. The molecule has 1 atom stereocenters. The minimum atomic E-state index is -0.130. The summed E-state index contributed by atoms with van der Waals surface area (Å²) < 4.78 is 5.82. The van der Waals surface area contributed by atoms with Crippen molar-refractivity contribution < 1.29 is 9.53 Å². The van der Waals surface area contributed by atoms with E-state index in [1.54, 1.807) is 11.3 Å². The molecule has 1 unspecified atom stereocenters. The molecular weight excluding hydrogens is 474 g/mol. The van der Waals surface area contributed by atoms with Gasteiger partial charge in [0.15, 0.2) is 0 Å². The molecule has 0 aliphatic heterocycles. The summed E-state index contributed by atoms with van der Waals surface area (Å²) >= 11 is 4.51. The van der Waals surface area contributed by atoms with E-state index in [1.165, 1.54) is 23.1 Å². The van der Waals surface area contributed by atoms with Crippen molar-refractivity contribution in [2.24, 2.45) is 0 Å². The van der Waals surface area contributed by atoms with E-state index in [4.69, 9.17) is 4.74 Å². The standard InChI is InChI=1S/C24H25N3O3S3/c1-16(17-7-3-2-4-8-17)30-11-6-10-25-21(28)15-31-14-20-26-23(29)22-18(13-33-24(22)27-20)19-9-5-12-32-19/h2-5,7-9,12-13,16H,6,10-11,14-15H2,1H3,(H,25,28)(H,26,27,29). The summed E-state index contributed by atoms with van der Waals surface area (Å²) in [4.78, 5) is 34.0. The second kappa shape index (κ2) is 11.6. The minimum absolute atomic E-state index is 0.0318. The van der Waals surface area contributed by atoms with Gasteiger partial charge >= 0.3 is 0 Å². The molecule has 2 N–H and O–H groups in total. The van der Waals surface area contributed by atoms with Crippen molar-refractivity contribution in [3.63, 3.8) is 0 Å². The van der Waals surface area contributed by atoms with E-state index in [9.17, 15) is 9.59 Å². The number of fused-ring (bicyclic) bond motifs is 1. The predicted molar refractivity (Wildman–Crippen MR) is 138 cm³/mol. The largest absolute Gasteiger partial charge is 0.374 e. The van der Waals surface area contributed by atoms with Gasteiger partial charge in [-0.3, -0.25) is 9.59 Å². The monoisotopic (exact) mass is 499 g/mol. The fourth-order valence-corrected chi connectivity index (χ4v) is 5.85. The number of carbonyl (C=O) groups is 1. The number of hydrogen-bond acceptors (Lipinski definition) is 7. The molecule has 4 rings (SSSR count). The number of carbonyl (C=O) groups excluding carboxylic acids is 1. The molecule has 0 saturated carbocycles. The maximum Gasteiger partial charge on any atom is 0.260 e. The summed E-state index contributed by atoms with van der Waals surface area (Å²) in [5.41, 5.74) is 1.95. The van der Waals surface area contributed by atoms with Gasteiger partial charge in [0, 0.05) is 29.0 Å². The third kappa shape index (κ3) is 6.32. The van der Waals surface area contributed by atoms with Crippen LogP contribution in [0.1, 0.15) is 30.8 Å². The van der Waals surface area contributed by atoms with E-state index >= 15 is 0 Å². The maximum absolute atomic E-state index is 12.6. The van der Waals surface area contributed by atoms with Crippen LogP contribution in [0.25, 0.3) is 20.7 Å². The van der Waals surface area contributed by atoms with E-state index in [0.29, 0.717) is 35.9 Å². The topological polar surface area (TPSA) is 84.1 Å². The van der Waals surface area contributed by atoms with Gasteiger partial charge in [0.2, 0.25) is 5.91 Å². The maximum atomic E-state index is 12.6. The van der Waals surface area contributed by atoms with Crippen LogP contribution in [-0.2, 0) is 15.3 Å². The lowest BCUT2D eigenvalue weighted by Gasteiger charge is -2.13. The molecule has 0 aliphatic carbocycles. The molecule has 0 bridgehead atoms. The number of aromatic nitrogens is 2. The van der Waals surface area contributed by atoms with Gasteiger partial charge < -0.3 is 15.0 Å². The van der Waals surface area contributed by atoms with E-state index in [0.717, 1.165) is 27.3 Å². The van der Waals surface area contributed by atoms with Crippen molar-refractivity contribution in [1.29, 1.82) is 0 Å². The summed E-state index contributed by atoms with van der Waals surface area (Å²) in [6.07, 6.45) is 0.790. The van der Waals surface area contributed by atoms with Gasteiger partial charge in [0.25, 0.3) is 5.56 Å². The highest BCUT2D eigenvalue weighted by Crippen LogP contribution is 2.33. The number of thioether (sulfide) groups is 1. The van der Waals surface area contributed by atoms with E-state index < -0.39 is 0 Å². The van der Waals surface area contributed by atoms with Gasteiger partial charge in [0.1, 0.15) is 10.7 Å². The Labute approximate surface area is 204 Å². The van der Waals surface area contributed by atoms with Gasteiger partial charge in [0.05, 0.1) is 23.0 Å². The molecule has 1 amide bonds. The first-order chi connectivity index (χ1) is 16.1.